The average Bonchev–Trinajstić information content (AvgIpc) is 3.28. The number of hydrogen-bond donors (Lipinski definition) is 0. The zero-order valence-electron chi connectivity index (χ0n) is 13.3. The molecule has 0 unspecified atom stereocenters. The predicted octanol–water partition coefficient (Wildman–Crippen LogP) is 5.86. The second-order valence-corrected chi connectivity index (χ2v) is 3.90. The quantitative estimate of drug-likeness (QED) is 0.623. The van der Waals surface area contributed by atoms with E-state index >= 15 is 0 Å². The molecule has 0 amide bonds. The first-order valence-corrected chi connectivity index (χ1v) is 7.34. The fourth-order valence-electron chi connectivity index (χ4n) is 1.30. The van der Waals surface area contributed by atoms with Gasteiger partial charge in [0.1, 0.15) is 11.9 Å². The number of hydrogen-bond acceptors (Lipinski definition) is 1. The van der Waals surface area contributed by atoms with E-state index < -0.39 is 5.82 Å². The summed E-state index contributed by atoms with van der Waals surface area (Å²) in [6, 6.07) is 6.37. The number of rotatable bonds is 1. The molecule has 0 bridgehead atoms. The van der Waals surface area contributed by atoms with Crippen LogP contribution in [0.2, 0.25) is 0 Å². The Kier molecular flexibility index (Phi) is 13.7. The summed E-state index contributed by atoms with van der Waals surface area (Å²) in [5, 5.41) is 8.41. The van der Waals surface area contributed by atoms with E-state index in [2.05, 4.69) is 6.92 Å². The van der Waals surface area contributed by atoms with Crippen molar-refractivity contribution in [1.29, 1.82) is 5.26 Å². The molecule has 2 rings (SSSR count). The van der Waals surface area contributed by atoms with Crippen LogP contribution in [0.5, 0.6) is 0 Å². The second kappa shape index (κ2) is 13.1. The minimum absolute atomic E-state index is 0.141. The Labute approximate surface area is 118 Å². The molecule has 0 N–H and O–H groups in total. The Bertz CT molecular complexity index is 342. The zero-order chi connectivity index (χ0) is 15.3. The first kappa shape index (κ1) is 20.0. The Morgan fingerprint density at radius 1 is 1.21 bits per heavy atom. The summed E-state index contributed by atoms with van der Waals surface area (Å²) in [6.07, 6.45) is 4.44. The van der Waals surface area contributed by atoms with Crippen LogP contribution in [0.1, 0.15) is 65.0 Å². The van der Waals surface area contributed by atoms with E-state index in [1.54, 1.807) is 25.1 Å². The van der Waals surface area contributed by atoms with Gasteiger partial charge in [-0.05, 0) is 24.5 Å². The maximum Gasteiger partial charge on any atom is 0.141 e. The molecule has 0 atom stereocenters. The summed E-state index contributed by atoms with van der Waals surface area (Å²) in [5.41, 5.74) is 0.824. The summed E-state index contributed by atoms with van der Waals surface area (Å²) in [6.45, 7) is 12.0. The molecule has 0 heterocycles. The molecule has 1 aliphatic rings. The maximum atomic E-state index is 12.6. The number of halogens is 1. The van der Waals surface area contributed by atoms with Crippen LogP contribution in [-0.4, -0.2) is 0 Å². The molecule has 0 aromatic heterocycles. The van der Waals surface area contributed by atoms with Gasteiger partial charge in [0, 0.05) is 0 Å². The molecule has 19 heavy (non-hydrogen) atoms. The summed E-state index contributed by atoms with van der Waals surface area (Å²) in [5.74, 6) is 0.692. The molecule has 1 aromatic carbocycles. The van der Waals surface area contributed by atoms with Crippen molar-refractivity contribution in [2.45, 2.75) is 60.8 Å². The maximum absolute atomic E-state index is 12.6. The van der Waals surface area contributed by atoms with E-state index in [0.29, 0.717) is 5.56 Å². The van der Waals surface area contributed by atoms with Gasteiger partial charge in [0.25, 0.3) is 0 Å². The van der Waals surface area contributed by atoms with Crippen molar-refractivity contribution >= 4 is 0 Å². The summed E-state index contributed by atoms with van der Waals surface area (Å²) in [4.78, 5) is 0. The Morgan fingerprint density at radius 3 is 1.95 bits per heavy atom. The van der Waals surface area contributed by atoms with Gasteiger partial charge >= 0.3 is 0 Å². The highest BCUT2D eigenvalue weighted by Crippen LogP contribution is 2.31. The van der Waals surface area contributed by atoms with Gasteiger partial charge in [-0.3, -0.25) is 0 Å². The molecule has 1 aliphatic carbocycles. The molecular weight excluding hydrogens is 237 g/mol. The second-order valence-electron chi connectivity index (χ2n) is 3.90. The van der Waals surface area contributed by atoms with Crippen LogP contribution in [0.3, 0.4) is 0 Å². The SMILES string of the molecule is CC.CC.CCC1CC1.Cc1cccc(F)c1C#N. The summed E-state index contributed by atoms with van der Waals surface area (Å²) < 4.78 is 12.6. The minimum Gasteiger partial charge on any atom is -0.206 e. The van der Waals surface area contributed by atoms with E-state index in [0.717, 1.165) is 5.92 Å². The highest BCUT2D eigenvalue weighted by molar-refractivity contribution is 5.37. The molecule has 0 saturated heterocycles. The molecule has 1 saturated carbocycles. The predicted molar refractivity (Wildman–Crippen MR) is 81.6 cm³/mol. The van der Waals surface area contributed by atoms with Crippen LogP contribution < -0.4 is 0 Å². The normalized spacial score (nSPS) is 11.5. The van der Waals surface area contributed by atoms with Crippen LogP contribution in [0.15, 0.2) is 18.2 Å². The third kappa shape index (κ3) is 9.25. The van der Waals surface area contributed by atoms with Crippen LogP contribution >= 0.6 is 0 Å². The van der Waals surface area contributed by atoms with Crippen molar-refractivity contribution in [2.24, 2.45) is 5.92 Å². The number of nitrogens with zero attached hydrogens (tertiary/aromatic N) is 1. The zero-order valence-corrected chi connectivity index (χ0v) is 13.3. The van der Waals surface area contributed by atoms with E-state index in [1.807, 2.05) is 27.7 Å². The molecule has 1 nitrogen and oxygen atoms in total. The van der Waals surface area contributed by atoms with Crippen LogP contribution in [0.4, 0.5) is 4.39 Å². The first-order valence-electron chi connectivity index (χ1n) is 7.34. The van der Waals surface area contributed by atoms with Gasteiger partial charge in [0.2, 0.25) is 0 Å². The fraction of sp³-hybridized carbons (Fsp3) is 0.588. The number of nitriles is 1. The largest absolute Gasteiger partial charge is 0.206 e. The van der Waals surface area contributed by atoms with Crippen LogP contribution in [-0.2, 0) is 0 Å². The van der Waals surface area contributed by atoms with E-state index in [4.69, 9.17) is 5.26 Å². The Hall–Kier alpha value is -1.36. The van der Waals surface area contributed by atoms with Crippen molar-refractivity contribution < 1.29 is 4.39 Å². The van der Waals surface area contributed by atoms with E-state index in [1.165, 1.54) is 25.3 Å². The lowest BCUT2D eigenvalue weighted by molar-refractivity contribution is 0.622. The molecule has 2 heteroatoms. The van der Waals surface area contributed by atoms with Crippen molar-refractivity contribution in [3.63, 3.8) is 0 Å². The lowest BCUT2D eigenvalue weighted by atomic mass is 10.1. The third-order valence-electron chi connectivity index (χ3n) is 2.61. The standard InChI is InChI=1S/C8H6FN.C5H10.2C2H6/c1-6-3-2-4-8(9)7(6)5-10;1-2-5-3-4-5;2*1-2/h2-4H,1H3;5H,2-4H2,1H3;2*1-2H3. The van der Waals surface area contributed by atoms with Crippen molar-refractivity contribution in [3.8, 4) is 6.07 Å². The first-order chi connectivity index (χ1) is 9.19. The van der Waals surface area contributed by atoms with Gasteiger partial charge in [0.05, 0.1) is 5.56 Å². The van der Waals surface area contributed by atoms with E-state index in [-0.39, 0.29) is 5.56 Å². The van der Waals surface area contributed by atoms with Crippen molar-refractivity contribution in [2.75, 3.05) is 0 Å². The molecule has 0 aliphatic heterocycles. The number of aryl methyl sites for hydroxylation is 1. The van der Waals surface area contributed by atoms with Gasteiger partial charge < -0.3 is 0 Å². The topological polar surface area (TPSA) is 23.8 Å². The van der Waals surface area contributed by atoms with Gasteiger partial charge in [-0.2, -0.15) is 5.26 Å². The minimum atomic E-state index is -0.442. The van der Waals surface area contributed by atoms with Crippen molar-refractivity contribution in [1.82, 2.24) is 0 Å². The summed E-state index contributed by atoms with van der Waals surface area (Å²) >= 11 is 0. The smallest absolute Gasteiger partial charge is 0.141 e. The Morgan fingerprint density at radius 2 is 1.74 bits per heavy atom. The van der Waals surface area contributed by atoms with Crippen molar-refractivity contribution in [3.05, 3.63) is 35.1 Å². The molecule has 1 aromatic rings. The molecule has 0 spiro atoms. The molecular formula is C17H28FN. The molecule has 1 fully saturated rings. The molecule has 0 radical (unpaired) electrons. The lowest BCUT2D eigenvalue weighted by Gasteiger charge is -1.94. The lowest BCUT2D eigenvalue weighted by Crippen LogP contribution is -1.86. The fourth-order valence-corrected chi connectivity index (χ4v) is 1.30. The summed E-state index contributed by atoms with van der Waals surface area (Å²) in [7, 11) is 0. The van der Waals surface area contributed by atoms with Gasteiger partial charge in [-0.15, -0.1) is 0 Å². The van der Waals surface area contributed by atoms with Crippen LogP contribution in [0.25, 0.3) is 0 Å². The van der Waals surface area contributed by atoms with Gasteiger partial charge in [-0.25, -0.2) is 4.39 Å². The Balaban J connectivity index is 0. The monoisotopic (exact) mass is 265 g/mol. The van der Waals surface area contributed by atoms with Crippen LogP contribution in [0, 0.1) is 30.0 Å². The van der Waals surface area contributed by atoms with Gasteiger partial charge in [0.15, 0.2) is 0 Å². The van der Waals surface area contributed by atoms with E-state index in [9.17, 15) is 4.39 Å². The number of benzene rings is 1. The average molecular weight is 265 g/mol. The third-order valence-corrected chi connectivity index (χ3v) is 2.61. The molecule has 108 valence electrons. The highest BCUT2D eigenvalue weighted by atomic mass is 19.1. The highest BCUT2D eigenvalue weighted by Gasteiger charge is 2.17. The van der Waals surface area contributed by atoms with Gasteiger partial charge in [-0.1, -0.05) is 66.0 Å².